The molecule has 2 heterocycles. The van der Waals surface area contributed by atoms with Crippen LogP contribution in [0.15, 0.2) is 65.6 Å². The smallest absolute Gasteiger partial charge is 0.317 e. The lowest BCUT2D eigenvalue weighted by Crippen LogP contribution is -2.63. The van der Waals surface area contributed by atoms with Crippen molar-refractivity contribution in [1.29, 1.82) is 0 Å². The predicted octanol–water partition coefficient (Wildman–Crippen LogP) is 3.31. The summed E-state index contributed by atoms with van der Waals surface area (Å²) in [5.41, 5.74) is -0.609. The molecule has 2 amide bonds. The molecule has 2 saturated heterocycles. The highest BCUT2D eigenvalue weighted by atomic mass is 32.2. The van der Waals surface area contributed by atoms with E-state index in [-0.39, 0.29) is 49.6 Å². The Morgan fingerprint density at radius 2 is 1.81 bits per heavy atom. The number of carbonyl (C=O) groups excluding carboxylic acids is 1. The Hall–Kier alpha value is -2.49. The molecule has 1 spiro atoms. The fourth-order valence-electron chi connectivity index (χ4n) is 4.46. The highest BCUT2D eigenvalue weighted by Crippen LogP contribution is 2.40. The number of likely N-dealkylation sites (tertiary alicyclic amines) is 1. The van der Waals surface area contributed by atoms with Crippen LogP contribution in [0.1, 0.15) is 31.4 Å². The first-order valence-corrected chi connectivity index (χ1v) is 12.3. The Labute approximate surface area is 188 Å². The van der Waals surface area contributed by atoms with E-state index in [1.807, 2.05) is 37.3 Å². The molecule has 4 rings (SSSR count). The first-order valence-electron chi connectivity index (χ1n) is 10.8. The number of benzene rings is 2. The number of hydrogen-bond donors (Lipinski definition) is 1. The van der Waals surface area contributed by atoms with E-state index in [2.05, 4.69) is 5.32 Å². The second-order valence-corrected chi connectivity index (χ2v) is 9.93. The van der Waals surface area contributed by atoms with Crippen molar-refractivity contribution in [2.75, 3.05) is 26.2 Å². The molecule has 7 nitrogen and oxygen atoms in total. The molecular formula is C23H28FN3O4S. The lowest BCUT2D eigenvalue weighted by Gasteiger charge is -2.45. The maximum atomic E-state index is 15.5. The molecule has 2 aromatic carbocycles. The first-order chi connectivity index (χ1) is 15.4. The molecule has 2 aliphatic rings. The maximum absolute atomic E-state index is 15.5. The van der Waals surface area contributed by atoms with Gasteiger partial charge in [-0.15, -0.1) is 0 Å². The number of piperidine rings is 1. The normalized spacial score (nSPS) is 25.1. The molecule has 2 unspecified atom stereocenters. The average Bonchev–Trinajstić information content (AvgIpc) is 3.26. The molecule has 0 bridgehead atoms. The van der Waals surface area contributed by atoms with Gasteiger partial charge < -0.3 is 15.0 Å². The molecule has 9 heteroatoms. The van der Waals surface area contributed by atoms with Crippen LogP contribution in [0.2, 0.25) is 0 Å². The Kier molecular flexibility index (Phi) is 6.50. The second kappa shape index (κ2) is 9.17. The number of nitrogens with zero attached hydrogens (tertiary/aromatic N) is 2. The first kappa shape index (κ1) is 22.7. The van der Waals surface area contributed by atoms with Gasteiger partial charge in [-0.05, 0) is 24.1 Å². The van der Waals surface area contributed by atoms with Gasteiger partial charge in [-0.25, -0.2) is 17.6 Å². The van der Waals surface area contributed by atoms with Crippen LogP contribution in [0.5, 0.6) is 0 Å². The largest absolute Gasteiger partial charge is 0.355 e. The van der Waals surface area contributed by atoms with Crippen LogP contribution in [0.3, 0.4) is 0 Å². The zero-order chi connectivity index (χ0) is 22.8. The zero-order valence-electron chi connectivity index (χ0n) is 18.0. The number of amides is 2. The van der Waals surface area contributed by atoms with Gasteiger partial charge in [-0.3, -0.25) is 0 Å². The summed E-state index contributed by atoms with van der Waals surface area (Å²) in [6, 6.07) is 17.0. The second-order valence-electron chi connectivity index (χ2n) is 8.07. The summed E-state index contributed by atoms with van der Waals surface area (Å²) in [7, 11) is -3.93. The van der Waals surface area contributed by atoms with Crippen molar-refractivity contribution in [3.05, 3.63) is 66.2 Å². The van der Waals surface area contributed by atoms with Gasteiger partial charge in [0.1, 0.15) is 0 Å². The average molecular weight is 462 g/mol. The predicted molar refractivity (Wildman–Crippen MR) is 118 cm³/mol. The van der Waals surface area contributed by atoms with Crippen LogP contribution in [-0.4, -0.2) is 61.8 Å². The minimum Gasteiger partial charge on any atom is -0.355 e. The summed E-state index contributed by atoms with van der Waals surface area (Å²) in [6.07, 6.45) is -0.908. The standard InChI is InChI=1S/C23H28FN3O4S/c1-2-20(18-9-5-3-6-10-18)25-22(28)26-14-13-23(21(24)17-26)27(15-16-31-23)32(29,30)19-11-7-4-8-12-19/h3-12,20-21H,2,13-17H2,1H3,(H,25,28)/t20-,21?,23?/m1/s1. The number of rotatable bonds is 5. The maximum Gasteiger partial charge on any atom is 0.317 e. The fourth-order valence-corrected chi connectivity index (χ4v) is 6.20. The van der Waals surface area contributed by atoms with E-state index in [0.29, 0.717) is 6.42 Å². The molecule has 32 heavy (non-hydrogen) atoms. The van der Waals surface area contributed by atoms with E-state index in [1.54, 1.807) is 18.2 Å². The molecule has 0 aromatic heterocycles. The summed E-state index contributed by atoms with van der Waals surface area (Å²) in [4.78, 5) is 14.4. The third-order valence-corrected chi connectivity index (χ3v) is 8.14. The van der Waals surface area contributed by atoms with Gasteiger partial charge in [0.25, 0.3) is 0 Å². The van der Waals surface area contributed by atoms with E-state index < -0.39 is 21.9 Å². The molecule has 172 valence electrons. The molecular weight excluding hydrogens is 433 g/mol. The molecule has 2 fully saturated rings. The minimum atomic E-state index is -3.93. The van der Waals surface area contributed by atoms with Crippen molar-refractivity contribution >= 4 is 16.1 Å². The fraction of sp³-hybridized carbons (Fsp3) is 0.435. The van der Waals surface area contributed by atoms with Crippen molar-refractivity contribution in [3.63, 3.8) is 0 Å². The van der Waals surface area contributed by atoms with Crippen molar-refractivity contribution in [3.8, 4) is 0 Å². The van der Waals surface area contributed by atoms with Crippen LogP contribution in [0.25, 0.3) is 0 Å². The number of urea groups is 1. The van der Waals surface area contributed by atoms with Gasteiger partial charge >= 0.3 is 6.03 Å². The number of ether oxygens (including phenoxy) is 1. The lowest BCUT2D eigenvalue weighted by atomic mass is 9.98. The Bertz CT molecular complexity index is 1040. The lowest BCUT2D eigenvalue weighted by molar-refractivity contribution is -0.135. The number of nitrogens with one attached hydrogen (secondary N) is 1. The van der Waals surface area contributed by atoms with E-state index in [1.165, 1.54) is 17.0 Å². The van der Waals surface area contributed by atoms with Crippen LogP contribution < -0.4 is 5.32 Å². The molecule has 0 radical (unpaired) electrons. The van der Waals surface area contributed by atoms with Crippen LogP contribution in [0.4, 0.5) is 9.18 Å². The third-order valence-electron chi connectivity index (χ3n) is 6.20. The van der Waals surface area contributed by atoms with Crippen LogP contribution >= 0.6 is 0 Å². The molecule has 1 N–H and O–H groups in total. The monoisotopic (exact) mass is 461 g/mol. The molecule has 3 atom stereocenters. The zero-order valence-corrected chi connectivity index (χ0v) is 18.8. The van der Waals surface area contributed by atoms with Gasteiger partial charge in [0.2, 0.25) is 10.0 Å². The number of alkyl halides is 1. The molecule has 0 saturated carbocycles. The Balaban J connectivity index is 1.48. The third kappa shape index (κ3) is 4.12. The summed E-state index contributed by atoms with van der Waals surface area (Å²) in [6.45, 7) is 2.12. The van der Waals surface area contributed by atoms with Gasteiger partial charge in [-0.1, -0.05) is 55.5 Å². The number of carbonyl (C=O) groups is 1. The topological polar surface area (TPSA) is 79.0 Å². The molecule has 0 aliphatic carbocycles. The van der Waals surface area contributed by atoms with Gasteiger partial charge in [0.15, 0.2) is 11.9 Å². The number of hydrogen-bond acceptors (Lipinski definition) is 4. The summed E-state index contributed by atoms with van der Waals surface area (Å²) >= 11 is 0. The highest BCUT2D eigenvalue weighted by molar-refractivity contribution is 7.89. The number of halogens is 1. The quantitative estimate of drug-likeness (QED) is 0.741. The Morgan fingerprint density at radius 1 is 1.16 bits per heavy atom. The summed E-state index contributed by atoms with van der Waals surface area (Å²) in [5, 5.41) is 2.97. The van der Waals surface area contributed by atoms with E-state index in [0.717, 1.165) is 9.87 Å². The summed E-state index contributed by atoms with van der Waals surface area (Å²) < 4.78 is 48.8. The number of sulfonamides is 1. The van der Waals surface area contributed by atoms with E-state index in [9.17, 15) is 13.2 Å². The minimum absolute atomic E-state index is 0.0653. The van der Waals surface area contributed by atoms with Crippen LogP contribution in [0, 0.1) is 0 Å². The molecule has 2 aromatic rings. The van der Waals surface area contributed by atoms with Crippen molar-refractivity contribution in [2.24, 2.45) is 0 Å². The van der Waals surface area contributed by atoms with E-state index in [4.69, 9.17) is 4.74 Å². The van der Waals surface area contributed by atoms with Gasteiger partial charge in [0.05, 0.1) is 24.1 Å². The summed E-state index contributed by atoms with van der Waals surface area (Å²) in [5.74, 6) is 0. The highest BCUT2D eigenvalue weighted by Gasteiger charge is 2.57. The SMILES string of the molecule is CC[C@@H](NC(=O)N1CCC2(OCCN2S(=O)(=O)c2ccccc2)C(F)C1)c1ccccc1. The van der Waals surface area contributed by atoms with Gasteiger partial charge in [0, 0.05) is 19.5 Å². The van der Waals surface area contributed by atoms with Crippen molar-refractivity contribution in [2.45, 2.75) is 42.6 Å². The Morgan fingerprint density at radius 3 is 2.44 bits per heavy atom. The van der Waals surface area contributed by atoms with E-state index >= 15 is 4.39 Å². The molecule has 2 aliphatic heterocycles. The van der Waals surface area contributed by atoms with Crippen molar-refractivity contribution in [1.82, 2.24) is 14.5 Å². The van der Waals surface area contributed by atoms with Crippen LogP contribution in [-0.2, 0) is 14.8 Å². The van der Waals surface area contributed by atoms with Crippen molar-refractivity contribution < 1.29 is 22.3 Å². The van der Waals surface area contributed by atoms with Gasteiger partial charge in [-0.2, -0.15) is 4.31 Å².